The van der Waals surface area contributed by atoms with E-state index in [2.05, 4.69) is 15.5 Å². The second-order valence-corrected chi connectivity index (χ2v) is 7.80. The second-order valence-electron chi connectivity index (χ2n) is 5.60. The molecule has 0 unspecified atom stereocenters. The first-order valence-corrected chi connectivity index (χ1v) is 9.94. The van der Waals surface area contributed by atoms with E-state index < -0.39 is 0 Å². The van der Waals surface area contributed by atoms with Crippen LogP contribution in [0, 0.1) is 0 Å². The van der Waals surface area contributed by atoms with Crippen LogP contribution in [0.1, 0.15) is 22.8 Å². The first-order chi connectivity index (χ1) is 13.1. The Bertz CT molecular complexity index is 926. The number of thioether (sulfide) groups is 1. The third kappa shape index (κ3) is 4.99. The van der Waals surface area contributed by atoms with Crippen molar-refractivity contribution in [2.75, 3.05) is 19.5 Å². The van der Waals surface area contributed by atoms with E-state index in [0.29, 0.717) is 16.4 Å². The maximum atomic E-state index is 11.6. The number of rotatable bonds is 8. The highest BCUT2D eigenvalue weighted by atomic mass is 32.2. The number of nitrogens with zero attached hydrogens (tertiary/aromatic N) is 2. The Hall–Kier alpha value is -2.58. The molecule has 3 rings (SSSR count). The van der Waals surface area contributed by atoms with Crippen molar-refractivity contribution >= 4 is 39.7 Å². The van der Waals surface area contributed by atoms with E-state index in [1.54, 1.807) is 39.0 Å². The maximum Gasteiger partial charge on any atom is 0.210 e. The van der Waals surface area contributed by atoms with E-state index in [4.69, 9.17) is 9.47 Å². The average molecular weight is 402 g/mol. The molecule has 1 heterocycles. The minimum absolute atomic E-state index is 0.0331. The predicted octanol–water partition coefficient (Wildman–Crippen LogP) is 4.79. The topological polar surface area (TPSA) is 73.3 Å². The average Bonchev–Trinajstić information content (AvgIpc) is 3.14. The van der Waals surface area contributed by atoms with Crippen molar-refractivity contribution in [3.8, 4) is 11.5 Å². The summed E-state index contributed by atoms with van der Waals surface area (Å²) in [7, 11) is 3.26. The third-order valence-electron chi connectivity index (χ3n) is 3.79. The molecular weight excluding hydrogens is 382 g/mol. The van der Waals surface area contributed by atoms with Gasteiger partial charge in [-0.05, 0) is 49.4 Å². The Labute approximate surface area is 165 Å². The molecule has 140 valence electrons. The molecule has 0 spiro atoms. The van der Waals surface area contributed by atoms with E-state index in [0.717, 1.165) is 27.1 Å². The molecule has 3 aromatic rings. The number of ketones is 1. The number of hydrogen-bond donors (Lipinski definition) is 1. The summed E-state index contributed by atoms with van der Waals surface area (Å²) in [4.78, 5) is 11.6. The number of hydrogen-bond acceptors (Lipinski definition) is 8. The van der Waals surface area contributed by atoms with Gasteiger partial charge in [-0.3, -0.25) is 4.79 Å². The van der Waals surface area contributed by atoms with Gasteiger partial charge < -0.3 is 14.8 Å². The van der Waals surface area contributed by atoms with Crippen LogP contribution < -0.4 is 14.8 Å². The normalized spacial score (nSPS) is 10.5. The number of carbonyl (C=O) groups excluding carboxylic acids is 1. The van der Waals surface area contributed by atoms with Gasteiger partial charge in [0.2, 0.25) is 5.13 Å². The Morgan fingerprint density at radius 3 is 2.56 bits per heavy atom. The van der Waals surface area contributed by atoms with Gasteiger partial charge in [0.1, 0.15) is 11.5 Å². The van der Waals surface area contributed by atoms with Gasteiger partial charge in [-0.1, -0.05) is 23.1 Å². The van der Waals surface area contributed by atoms with E-state index in [1.165, 1.54) is 11.3 Å². The molecule has 0 bridgehead atoms. The molecule has 0 radical (unpaired) electrons. The van der Waals surface area contributed by atoms with Gasteiger partial charge in [0, 0.05) is 22.6 Å². The lowest BCUT2D eigenvalue weighted by Crippen LogP contribution is -1.96. The molecular formula is C19H19N3O3S2. The molecule has 0 aliphatic rings. The van der Waals surface area contributed by atoms with Crippen LogP contribution in [0.25, 0.3) is 0 Å². The third-order valence-corrected chi connectivity index (χ3v) is 5.81. The number of methoxy groups -OCH3 is 2. The summed E-state index contributed by atoms with van der Waals surface area (Å²) in [6.45, 7) is 1.56. The quantitative estimate of drug-likeness (QED) is 0.429. The molecule has 6 nitrogen and oxygen atoms in total. The largest absolute Gasteiger partial charge is 0.497 e. The van der Waals surface area contributed by atoms with Gasteiger partial charge in [0.25, 0.3) is 0 Å². The van der Waals surface area contributed by atoms with Crippen molar-refractivity contribution in [1.82, 2.24) is 10.2 Å². The molecule has 27 heavy (non-hydrogen) atoms. The number of carbonyl (C=O) groups is 1. The predicted molar refractivity (Wildman–Crippen MR) is 109 cm³/mol. The lowest BCUT2D eigenvalue weighted by Gasteiger charge is -2.08. The zero-order valence-corrected chi connectivity index (χ0v) is 16.8. The summed E-state index contributed by atoms with van der Waals surface area (Å²) in [6, 6.07) is 13.1. The highest BCUT2D eigenvalue weighted by Gasteiger charge is 2.11. The SMILES string of the molecule is COc1ccc(Nc2nnc(SCc3cc(C(C)=O)ccc3OC)s2)cc1. The van der Waals surface area contributed by atoms with Gasteiger partial charge in [0.15, 0.2) is 10.1 Å². The van der Waals surface area contributed by atoms with Gasteiger partial charge in [0.05, 0.1) is 14.2 Å². The smallest absolute Gasteiger partial charge is 0.210 e. The number of ether oxygens (including phenoxy) is 2. The molecule has 0 aliphatic carbocycles. The van der Waals surface area contributed by atoms with Crippen molar-refractivity contribution in [1.29, 1.82) is 0 Å². The molecule has 1 N–H and O–H groups in total. The lowest BCUT2D eigenvalue weighted by molar-refractivity contribution is 0.101. The number of Topliss-reactive ketones (excluding diaryl/α,β-unsaturated/α-hetero) is 1. The number of nitrogens with one attached hydrogen (secondary N) is 1. The Morgan fingerprint density at radius 2 is 1.89 bits per heavy atom. The minimum atomic E-state index is 0.0331. The Kier molecular flexibility index (Phi) is 6.31. The summed E-state index contributed by atoms with van der Waals surface area (Å²) in [5.41, 5.74) is 2.54. The van der Waals surface area contributed by atoms with Crippen LogP contribution in [0.5, 0.6) is 11.5 Å². The van der Waals surface area contributed by atoms with Crippen molar-refractivity contribution in [3.05, 3.63) is 53.6 Å². The first kappa shape index (κ1) is 19.2. The Balaban J connectivity index is 1.65. The van der Waals surface area contributed by atoms with E-state index in [9.17, 15) is 4.79 Å². The van der Waals surface area contributed by atoms with Crippen molar-refractivity contribution < 1.29 is 14.3 Å². The van der Waals surface area contributed by atoms with E-state index >= 15 is 0 Å². The van der Waals surface area contributed by atoms with Gasteiger partial charge in [-0.2, -0.15) is 0 Å². The molecule has 8 heteroatoms. The lowest BCUT2D eigenvalue weighted by atomic mass is 10.1. The van der Waals surface area contributed by atoms with Gasteiger partial charge >= 0.3 is 0 Å². The molecule has 0 aliphatic heterocycles. The van der Waals surface area contributed by atoms with Crippen LogP contribution in [0.2, 0.25) is 0 Å². The number of anilines is 2. The molecule has 0 saturated carbocycles. The molecule has 0 amide bonds. The monoisotopic (exact) mass is 401 g/mol. The standard InChI is InChI=1S/C19H19N3O3S2/c1-12(23)13-4-9-17(25-3)14(10-13)11-26-19-22-21-18(27-19)20-15-5-7-16(24-2)8-6-15/h4-10H,11H2,1-3H3,(H,20,21). The summed E-state index contributed by atoms with van der Waals surface area (Å²) in [6.07, 6.45) is 0. The van der Waals surface area contributed by atoms with Crippen LogP contribution in [0.4, 0.5) is 10.8 Å². The summed E-state index contributed by atoms with van der Waals surface area (Å²) in [5.74, 6) is 2.23. The van der Waals surface area contributed by atoms with Crippen molar-refractivity contribution in [2.24, 2.45) is 0 Å². The van der Waals surface area contributed by atoms with Crippen molar-refractivity contribution in [3.63, 3.8) is 0 Å². The summed E-state index contributed by atoms with van der Waals surface area (Å²) < 4.78 is 11.4. The Morgan fingerprint density at radius 1 is 1.11 bits per heavy atom. The fourth-order valence-corrected chi connectivity index (χ4v) is 4.12. The first-order valence-electron chi connectivity index (χ1n) is 8.14. The molecule has 1 aromatic heterocycles. The second kappa shape index (κ2) is 8.88. The van der Waals surface area contributed by atoms with E-state index in [-0.39, 0.29) is 5.78 Å². The van der Waals surface area contributed by atoms with Crippen molar-refractivity contribution in [2.45, 2.75) is 17.0 Å². The summed E-state index contributed by atoms with van der Waals surface area (Å²) in [5, 5.41) is 12.3. The zero-order chi connectivity index (χ0) is 19.2. The molecule has 0 saturated heterocycles. The summed E-state index contributed by atoms with van der Waals surface area (Å²) >= 11 is 3.03. The molecule has 0 fully saturated rings. The van der Waals surface area contributed by atoms with Crippen LogP contribution >= 0.6 is 23.1 Å². The fraction of sp³-hybridized carbons (Fsp3) is 0.211. The fourth-order valence-electron chi connectivity index (χ4n) is 2.37. The molecule has 0 atom stereocenters. The van der Waals surface area contributed by atoms with Gasteiger partial charge in [-0.25, -0.2) is 0 Å². The van der Waals surface area contributed by atoms with Crippen LogP contribution in [0.3, 0.4) is 0 Å². The van der Waals surface area contributed by atoms with E-state index in [1.807, 2.05) is 36.4 Å². The maximum absolute atomic E-state index is 11.6. The molecule has 2 aromatic carbocycles. The van der Waals surface area contributed by atoms with Crippen LogP contribution in [-0.2, 0) is 5.75 Å². The van der Waals surface area contributed by atoms with Gasteiger partial charge in [-0.15, -0.1) is 10.2 Å². The van der Waals surface area contributed by atoms with Crippen LogP contribution in [0.15, 0.2) is 46.8 Å². The highest BCUT2D eigenvalue weighted by Crippen LogP contribution is 2.33. The zero-order valence-electron chi connectivity index (χ0n) is 15.2. The minimum Gasteiger partial charge on any atom is -0.497 e. The highest BCUT2D eigenvalue weighted by molar-refractivity contribution is 8.00. The number of benzene rings is 2. The number of aromatic nitrogens is 2. The van der Waals surface area contributed by atoms with Crippen LogP contribution in [-0.4, -0.2) is 30.2 Å².